The summed E-state index contributed by atoms with van der Waals surface area (Å²) in [5, 5.41) is 4.97. The Kier molecular flexibility index (Phi) is 7.48. The van der Waals surface area contributed by atoms with Crippen LogP contribution in [-0.4, -0.2) is 36.2 Å². The van der Waals surface area contributed by atoms with Crippen molar-refractivity contribution in [3.05, 3.63) is 59.1 Å². The van der Waals surface area contributed by atoms with Crippen LogP contribution >= 0.6 is 11.6 Å². The van der Waals surface area contributed by atoms with Crippen LogP contribution in [0.3, 0.4) is 0 Å². The minimum Gasteiger partial charge on any atom is -0.484 e. The predicted molar refractivity (Wildman–Crippen MR) is 107 cm³/mol. The molecule has 2 rings (SSSR count). The van der Waals surface area contributed by atoms with Crippen LogP contribution in [0.5, 0.6) is 5.75 Å². The number of likely N-dealkylation sites (N-methyl/N-ethyl adjacent to an activating group) is 1. The highest BCUT2D eigenvalue weighted by molar-refractivity contribution is 6.33. The van der Waals surface area contributed by atoms with Crippen LogP contribution in [0.2, 0.25) is 5.02 Å². The number of benzene rings is 2. The van der Waals surface area contributed by atoms with E-state index in [1.807, 2.05) is 63.2 Å². The summed E-state index contributed by atoms with van der Waals surface area (Å²) in [6.07, 6.45) is 0. The third kappa shape index (κ3) is 5.49. The first kappa shape index (κ1) is 19.8. The fourth-order valence-corrected chi connectivity index (χ4v) is 2.54. The van der Waals surface area contributed by atoms with Crippen LogP contribution in [-0.2, 0) is 4.79 Å². The molecule has 5 nitrogen and oxygen atoms in total. The van der Waals surface area contributed by atoms with E-state index in [1.54, 1.807) is 11.0 Å². The van der Waals surface area contributed by atoms with Gasteiger partial charge in [-0.3, -0.25) is 10.2 Å². The first-order valence-corrected chi connectivity index (χ1v) is 8.98. The Balaban J connectivity index is 1.95. The highest BCUT2D eigenvalue weighted by atomic mass is 35.5. The maximum Gasteiger partial charge on any atom is 0.260 e. The standard InChI is InChI=1S/C20H24ClN3O2/c1-4-24(5-2)20(25)14-26-17-12-10-16(11-13-17)15(3)22-23-19-9-7-6-8-18(19)21/h6-13,23H,4-5,14H2,1-3H3/b22-15-. The molecule has 1 amide bonds. The van der Waals surface area contributed by atoms with E-state index >= 15 is 0 Å². The van der Waals surface area contributed by atoms with Crippen molar-refractivity contribution in [3.63, 3.8) is 0 Å². The average Bonchev–Trinajstić information content (AvgIpc) is 2.67. The molecule has 0 aromatic heterocycles. The molecule has 0 aliphatic carbocycles. The Morgan fingerprint density at radius 2 is 1.77 bits per heavy atom. The number of carbonyl (C=O) groups excluding carboxylic acids is 1. The molecule has 0 unspecified atom stereocenters. The zero-order valence-corrected chi connectivity index (χ0v) is 16.1. The molecule has 0 heterocycles. The molecule has 6 heteroatoms. The number of rotatable bonds is 8. The maximum atomic E-state index is 12.0. The number of halogens is 1. The molecule has 0 aliphatic rings. The predicted octanol–water partition coefficient (Wildman–Crippen LogP) is 4.42. The molecular weight excluding hydrogens is 350 g/mol. The van der Waals surface area contributed by atoms with Gasteiger partial charge in [0, 0.05) is 13.1 Å². The first-order chi connectivity index (χ1) is 12.5. The van der Waals surface area contributed by atoms with Crippen molar-refractivity contribution >= 4 is 28.9 Å². The number of hydrogen-bond donors (Lipinski definition) is 1. The molecule has 0 fully saturated rings. The fourth-order valence-electron chi connectivity index (χ4n) is 2.37. The molecular formula is C20H24ClN3O2. The van der Waals surface area contributed by atoms with Crippen molar-refractivity contribution in [3.8, 4) is 5.75 Å². The Morgan fingerprint density at radius 3 is 2.38 bits per heavy atom. The van der Waals surface area contributed by atoms with Crippen LogP contribution in [0.25, 0.3) is 0 Å². The highest BCUT2D eigenvalue weighted by Gasteiger charge is 2.10. The number of amides is 1. The summed E-state index contributed by atoms with van der Waals surface area (Å²) in [5.74, 6) is 0.641. The summed E-state index contributed by atoms with van der Waals surface area (Å²) in [6.45, 7) is 7.23. The van der Waals surface area contributed by atoms with Crippen LogP contribution in [0.4, 0.5) is 5.69 Å². The second-order valence-corrected chi connectivity index (χ2v) is 6.08. The normalized spacial score (nSPS) is 11.2. The van der Waals surface area contributed by atoms with Crippen molar-refractivity contribution in [2.24, 2.45) is 5.10 Å². The molecule has 1 N–H and O–H groups in total. The fraction of sp³-hybridized carbons (Fsp3) is 0.300. The van der Waals surface area contributed by atoms with Gasteiger partial charge in [0.05, 0.1) is 16.4 Å². The smallest absolute Gasteiger partial charge is 0.260 e. The SMILES string of the molecule is CCN(CC)C(=O)COc1ccc(/C(C)=N\Nc2ccccc2Cl)cc1. The van der Waals surface area contributed by atoms with Crippen LogP contribution < -0.4 is 10.2 Å². The van der Waals surface area contributed by atoms with E-state index in [4.69, 9.17) is 16.3 Å². The summed E-state index contributed by atoms with van der Waals surface area (Å²) < 4.78 is 5.57. The first-order valence-electron chi connectivity index (χ1n) is 8.61. The van der Waals surface area contributed by atoms with Gasteiger partial charge in [-0.25, -0.2) is 0 Å². The highest BCUT2D eigenvalue weighted by Crippen LogP contribution is 2.20. The monoisotopic (exact) mass is 373 g/mol. The minimum atomic E-state index is -0.0132. The molecule has 0 saturated carbocycles. The lowest BCUT2D eigenvalue weighted by atomic mass is 10.1. The Morgan fingerprint density at radius 1 is 1.12 bits per heavy atom. The zero-order chi connectivity index (χ0) is 18.9. The van der Waals surface area contributed by atoms with Gasteiger partial charge in [0.1, 0.15) is 5.75 Å². The number of para-hydroxylation sites is 1. The maximum absolute atomic E-state index is 12.0. The number of nitrogens with one attached hydrogen (secondary N) is 1. The van der Waals surface area contributed by atoms with Gasteiger partial charge < -0.3 is 9.64 Å². The van der Waals surface area contributed by atoms with E-state index in [1.165, 1.54) is 0 Å². The second kappa shape index (κ2) is 9.82. The van der Waals surface area contributed by atoms with Crippen molar-refractivity contribution in [2.45, 2.75) is 20.8 Å². The van der Waals surface area contributed by atoms with Crippen molar-refractivity contribution in [1.82, 2.24) is 4.90 Å². The van der Waals surface area contributed by atoms with Gasteiger partial charge in [-0.2, -0.15) is 5.10 Å². The summed E-state index contributed by atoms with van der Waals surface area (Å²) in [7, 11) is 0. The van der Waals surface area contributed by atoms with Gasteiger partial charge in [0.15, 0.2) is 6.61 Å². The van der Waals surface area contributed by atoms with E-state index in [2.05, 4.69) is 10.5 Å². The number of anilines is 1. The van der Waals surface area contributed by atoms with Gasteiger partial charge in [-0.1, -0.05) is 23.7 Å². The molecule has 0 saturated heterocycles. The number of nitrogens with zero attached hydrogens (tertiary/aromatic N) is 2. The Hall–Kier alpha value is -2.53. The molecule has 0 aliphatic heterocycles. The number of hydrogen-bond acceptors (Lipinski definition) is 4. The van der Waals surface area contributed by atoms with Crippen molar-refractivity contribution in [2.75, 3.05) is 25.1 Å². The molecule has 0 spiro atoms. The van der Waals surface area contributed by atoms with Crippen LogP contribution in [0.15, 0.2) is 53.6 Å². The molecule has 138 valence electrons. The van der Waals surface area contributed by atoms with Gasteiger partial charge in [0.2, 0.25) is 0 Å². The lowest BCUT2D eigenvalue weighted by molar-refractivity contribution is -0.132. The van der Waals surface area contributed by atoms with Gasteiger partial charge >= 0.3 is 0 Å². The lowest BCUT2D eigenvalue weighted by Crippen LogP contribution is -2.34. The zero-order valence-electron chi connectivity index (χ0n) is 15.3. The van der Waals surface area contributed by atoms with Crippen LogP contribution in [0.1, 0.15) is 26.3 Å². The average molecular weight is 374 g/mol. The minimum absolute atomic E-state index is 0.0132. The van der Waals surface area contributed by atoms with E-state index in [0.717, 1.165) is 17.0 Å². The van der Waals surface area contributed by atoms with E-state index in [0.29, 0.717) is 23.9 Å². The molecule has 26 heavy (non-hydrogen) atoms. The molecule has 2 aromatic rings. The van der Waals surface area contributed by atoms with Crippen LogP contribution in [0, 0.1) is 0 Å². The Bertz CT molecular complexity index is 756. The van der Waals surface area contributed by atoms with Gasteiger partial charge in [-0.05, 0) is 62.7 Å². The molecule has 0 radical (unpaired) electrons. The summed E-state index contributed by atoms with van der Waals surface area (Å²) in [5.41, 5.74) is 5.49. The summed E-state index contributed by atoms with van der Waals surface area (Å²) in [6, 6.07) is 14.9. The Labute approximate surface area is 159 Å². The second-order valence-electron chi connectivity index (χ2n) is 5.67. The number of carbonyl (C=O) groups is 1. The molecule has 0 bridgehead atoms. The third-order valence-electron chi connectivity index (χ3n) is 3.97. The number of hydrazone groups is 1. The number of ether oxygens (including phenoxy) is 1. The van der Waals surface area contributed by atoms with Gasteiger partial charge in [-0.15, -0.1) is 0 Å². The summed E-state index contributed by atoms with van der Waals surface area (Å²) >= 11 is 6.10. The lowest BCUT2D eigenvalue weighted by Gasteiger charge is -2.18. The van der Waals surface area contributed by atoms with E-state index < -0.39 is 0 Å². The third-order valence-corrected chi connectivity index (χ3v) is 4.30. The van der Waals surface area contributed by atoms with Gasteiger partial charge in [0.25, 0.3) is 5.91 Å². The van der Waals surface area contributed by atoms with Crippen molar-refractivity contribution in [1.29, 1.82) is 0 Å². The summed E-state index contributed by atoms with van der Waals surface area (Å²) in [4.78, 5) is 13.7. The topological polar surface area (TPSA) is 53.9 Å². The van der Waals surface area contributed by atoms with E-state index in [9.17, 15) is 4.79 Å². The molecule has 0 atom stereocenters. The van der Waals surface area contributed by atoms with Crippen molar-refractivity contribution < 1.29 is 9.53 Å². The molecule has 2 aromatic carbocycles. The largest absolute Gasteiger partial charge is 0.484 e. The van der Waals surface area contributed by atoms with E-state index in [-0.39, 0.29) is 12.5 Å². The quantitative estimate of drug-likeness (QED) is 0.550.